The van der Waals surface area contributed by atoms with Crippen LogP contribution >= 0.6 is 0 Å². The molecule has 0 aromatic carbocycles. The number of methoxy groups -OCH3 is 2. The van der Waals surface area contributed by atoms with Crippen molar-refractivity contribution in [2.75, 3.05) is 14.2 Å². The van der Waals surface area contributed by atoms with Crippen molar-refractivity contribution in [2.24, 2.45) is 0 Å². The van der Waals surface area contributed by atoms with Crippen LogP contribution in [0.3, 0.4) is 0 Å². The molecule has 0 aromatic rings. The van der Waals surface area contributed by atoms with E-state index >= 15 is 0 Å². The van der Waals surface area contributed by atoms with E-state index in [0.717, 1.165) is 0 Å². The zero-order chi connectivity index (χ0) is 10.0. The summed E-state index contributed by atoms with van der Waals surface area (Å²) in [6.07, 6.45) is -3.63. The summed E-state index contributed by atoms with van der Waals surface area (Å²) < 4.78 is 15.1. The summed E-state index contributed by atoms with van der Waals surface area (Å²) in [5, 5.41) is 19.1. The van der Waals surface area contributed by atoms with Crippen molar-refractivity contribution in [1.82, 2.24) is 0 Å². The van der Waals surface area contributed by atoms with Gasteiger partial charge in [0.05, 0.1) is 6.10 Å². The van der Waals surface area contributed by atoms with Gasteiger partial charge in [0.15, 0.2) is 6.29 Å². The summed E-state index contributed by atoms with van der Waals surface area (Å²) in [5.41, 5.74) is 0. The maximum Gasteiger partial charge on any atom is 0.186 e. The molecule has 0 aliphatic carbocycles. The standard InChI is InChI=1S/C8H16O5/c1-4-7(11-2)5(9)6(10)8(12-3)13-4/h4-10H,1-3H3/t4-,5-,6-,7-,8-/m0/s1. The lowest BCUT2D eigenvalue weighted by molar-refractivity contribution is -0.289. The minimum atomic E-state index is -1.06. The molecule has 78 valence electrons. The fourth-order valence-corrected chi connectivity index (χ4v) is 1.53. The molecule has 0 radical (unpaired) electrons. The first-order valence-corrected chi connectivity index (χ1v) is 4.19. The Labute approximate surface area is 77.2 Å². The molecule has 0 aromatic heterocycles. The normalized spacial score (nSPS) is 46.4. The molecule has 0 spiro atoms. The van der Waals surface area contributed by atoms with Crippen LogP contribution in [0.2, 0.25) is 0 Å². The predicted molar refractivity (Wildman–Crippen MR) is 44.2 cm³/mol. The summed E-state index contributed by atoms with van der Waals surface area (Å²) >= 11 is 0. The number of aliphatic hydroxyl groups is 2. The van der Waals surface area contributed by atoms with Crippen molar-refractivity contribution < 1.29 is 24.4 Å². The Bertz CT molecular complexity index is 163. The maximum atomic E-state index is 9.57. The van der Waals surface area contributed by atoms with E-state index in [1.54, 1.807) is 6.92 Å². The van der Waals surface area contributed by atoms with Crippen molar-refractivity contribution in [2.45, 2.75) is 37.6 Å². The van der Waals surface area contributed by atoms with Crippen LogP contribution in [0.4, 0.5) is 0 Å². The summed E-state index contributed by atoms with van der Waals surface area (Å²) in [5.74, 6) is 0. The van der Waals surface area contributed by atoms with Crippen LogP contribution in [0.5, 0.6) is 0 Å². The molecule has 1 fully saturated rings. The highest BCUT2D eigenvalue weighted by Gasteiger charge is 2.42. The van der Waals surface area contributed by atoms with Gasteiger partial charge in [0.1, 0.15) is 18.3 Å². The first kappa shape index (κ1) is 10.9. The van der Waals surface area contributed by atoms with Gasteiger partial charge in [-0.25, -0.2) is 0 Å². The summed E-state index contributed by atoms with van der Waals surface area (Å²) in [7, 11) is 2.88. The van der Waals surface area contributed by atoms with E-state index < -0.39 is 24.6 Å². The third kappa shape index (κ3) is 2.00. The van der Waals surface area contributed by atoms with Gasteiger partial charge in [0.2, 0.25) is 0 Å². The SMILES string of the molecule is CO[C@H]1O[C@@H](C)[C@H](OC)[C@@H](O)[C@@H]1O. The molecule has 5 atom stereocenters. The number of hydrogen-bond donors (Lipinski definition) is 2. The Hall–Kier alpha value is -0.200. The Morgan fingerprint density at radius 3 is 2.15 bits per heavy atom. The van der Waals surface area contributed by atoms with Crippen molar-refractivity contribution in [3.05, 3.63) is 0 Å². The zero-order valence-electron chi connectivity index (χ0n) is 8.01. The third-order valence-electron chi connectivity index (χ3n) is 2.28. The molecule has 0 bridgehead atoms. The van der Waals surface area contributed by atoms with Crippen LogP contribution in [-0.4, -0.2) is 55.1 Å². The summed E-state index contributed by atoms with van der Waals surface area (Å²) in [4.78, 5) is 0. The average Bonchev–Trinajstić information content (AvgIpc) is 2.12. The number of rotatable bonds is 2. The van der Waals surface area contributed by atoms with Gasteiger partial charge in [-0.1, -0.05) is 0 Å². The van der Waals surface area contributed by atoms with E-state index in [4.69, 9.17) is 14.2 Å². The van der Waals surface area contributed by atoms with Gasteiger partial charge in [0.25, 0.3) is 0 Å². The van der Waals surface area contributed by atoms with E-state index in [1.807, 2.05) is 0 Å². The average molecular weight is 192 g/mol. The van der Waals surface area contributed by atoms with Crippen LogP contribution in [-0.2, 0) is 14.2 Å². The van der Waals surface area contributed by atoms with Gasteiger partial charge < -0.3 is 24.4 Å². The molecule has 0 amide bonds. The predicted octanol–water partition coefficient (Wildman–Crippen LogP) is -0.886. The van der Waals surface area contributed by atoms with Crippen LogP contribution in [0.1, 0.15) is 6.92 Å². The second-order valence-corrected chi connectivity index (χ2v) is 3.13. The Balaban J connectivity index is 2.66. The van der Waals surface area contributed by atoms with Crippen molar-refractivity contribution >= 4 is 0 Å². The lowest BCUT2D eigenvalue weighted by atomic mass is 10.00. The van der Waals surface area contributed by atoms with Gasteiger partial charge in [-0.05, 0) is 6.92 Å². The third-order valence-corrected chi connectivity index (χ3v) is 2.28. The van der Waals surface area contributed by atoms with Gasteiger partial charge >= 0.3 is 0 Å². The number of hydrogen-bond acceptors (Lipinski definition) is 5. The van der Waals surface area contributed by atoms with E-state index in [2.05, 4.69) is 0 Å². The van der Waals surface area contributed by atoms with Crippen molar-refractivity contribution in [1.29, 1.82) is 0 Å². The van der Waals surface area contributed by atoms with Crippen LogP contribution in [0.15, 0.2) is 0 Å². The molecule has 1 saturated heterocycles. The van der Waals surface area contributed by atoms with Crippen LogP contribution in [0.25, 0.3) is 0 Å². The largest absolute Gasteiger partial charge is 0.387 e. The van der Waals surface area contributed by atoms with Crippen LogP contribution in [0, 0.1) is 0 Å². The van der Waals surface area contributed by atoms with Crippen molar-refractivity contribution in [3.8, 4) is 0 Å². The molecule has 1 aliphatic heterocycles. The molecule has 13 heavy (non-hydrogen) atoms. The summed E-state index contributed by atoms with van der Waals surface area (Å²) in [6, 6.07) is 0. The molecular weight excluding hydrogens is 176 g/mol. The molecule has 2 N–H and O–H groups in total. The minimum absolute atomic E-state index is 0.298. The van der Waals surface area contributed by atoms with E-state index in [1.165, 1.54) is 14.2 Å². The topological polar surface area (TPSA) is 68.2 Å². The molecule has 1 aliphatic rings. The molecule has 5 heteroatoms. The van der Waals surface area contributed by atoms with Gasteiger partial charge in [-0.2, -0.15) is 0 Å². The molecule has 0 unspecified atom stereocenters. The van der Waals surface area contributed by atoms with Gasteiger partial charge in [0, 0.05) is 14.2 Å². The highest BCUT2D eigenvalue weighted by Crippen LogP contribution is 2.22. The maximum absolute atomic E-state index is 9.57. The fraction of sp³-hybridized carbons (Fsp3) is 1.00. The lowest BCUT2D eigenvalue weighted by Crippen LogP contribution is -2.57. The Morgan fingerprint density at radius 1 is 1.08 bits per heavy atom. The lowest BCUT2D eigenvalue weighted by Gasteiger charge is -2.39. The van der Waals surface area contributed by atoms with Crippen LogP contribution < -0.4 is 0 Å². The molecule has 1 heterocycles. The van der Waals surface area contributed by atoms with Gasteiger partial charge in [-0.3, -0.25) is 0 Å². The summed E-state index contributed by atoms with van der Waals surface area (Å²) in [6.45, 7) is 1.76. The second kappa shape index (κ2) is 4.34. The highest BCUT2D eigenvalue weighted by molar-refractivity contribution is 4.87. The number of aliphatic hydroxyl groups excluding tert-OH is 2. The monoisotopic (exact) mass is 192 g/mol. The fourth-order valence-electron chi connectivity index (χ4n) is 1.53. The smallest absolute Gasteiger partial charge is 0.186 e. The molecule has 5 nitrogen and oxygen atoms in total. The van der Waals surface area contributed by atoms with E-state index in [-0.39, 0.29) is 6.10 Å². The highest BCUT2D eigenvalue weighted by atomic mass is 16.7. The minimum Gasteiger partial charge on any atom is -0.387 e. The Kier molecular flexibility index (Phi) is 3.63. The molecular formula is C8H16O5. The molecule has 0 saturated carbocycles. The second-order valence-electron chi connectivity index (χ2n) is 3.13. The van der Waals surface area contributed by atoms with E-state index in [9.17, 15) is 10.2 Å². The Morgan fingerprint density at radius 2 is 1.69 bits per heavy atom. The number of ether oxygens (including phenoxy) is 3. The van der Waals surface area contributed by atoms with Crippen molar-refractivity contribution in [3.63, 3.8) is 0 Å². The first-order chi connectivity index (χ1) is 6.11. The quantitative estimate of drug-likeness (QED) is 0.594. The van der Waals surface area contributed by atoms with Gasteiger partial charge in [-0.15, -0.1) is 0 Å². The molecule has 1 rings (SSSR count). The zero-order valence-corrected chi connectivity index (χ0v) is 8.01. The first-order valence-electron chi connectivity index (χ1n) is 4.19. The van der Waals surface area contributed by atoms with E-state index in [0.29, 0.717) is 0 Å².